The van der Waals surface area contributed by atoms with Crippen molar-refractivity contribution in [2.24, 2.45) is 0 Å². The number of benzene rings is 2. The summed E-state index contributed by atoms with van der Waals surface area (Å²) in [7, 11) is 2.53. The Bertz CT molecular complexity index is 1850. The molecule has 2 amide bonds. The van der Waals surface area contributed by atoms with E-state index in [9.17, 15) is 19.2 Å². The number of amides is 2. The summed E-state index contributed by atoms with van der Waals surface area (Å²) in [6.45, 7) is 14.1. The third-order valence-corrected chi connectivity index (χ3v) is 12.4. The number of aromatic nitrogens is 1. The van der Waals surface area contributed by atoms with E-state index in [-0.39, 0.29) is 36.7 Å². The zero-order chi connectivity index (χ0) is 40.7. The normalized spacial score (nSPS) is 15.4. The number of aliphatic carboxylic acids is 1. The van der Waals surface area contributed by atoms with E-state index in [4.69, 9.17) is 24.1 Å². The molecule has 2 fully saturated rings. The van der Waals surface area contributed by atoms with Crippen LogP contribution in [0.5, 0.6) is 5.88 Å². The fourth-order valence-electron chi connectivity index (χ4n) is 7.00. The number of hydrogen-bond acceptors (Lipinski definition) is 13. The maximum atomic E-state index is 14.3. The van der Waals surface area contributed by atoms with Gasteiger partial charge >= 0.3 is 12.1 Å². The second-order valence-electron chi connectivity index (χ2n) is 13.9. The van der Waals surface area contributed by atoms with Gasteiger partial charge in [0.25, 0.3) is 5.91 Å². The number of morpholine rings is 1. The van der Waals surface area contributed by atoms with E-state index in [1.54, 1.807) is 6.92 Å². The van der Waals surface area contributed by atoms with Gasteiger partial charge < -0.3 is 39.6 Å². The van der Waals surface area contributed by atoms with Crippen LogP contribution in [0.4, 0.5) is 10.5 Å². The van der Waals surface area contributed by atoms with Crippen LogP contribution in [0.2, 0.25) is 0 Å². The fraction of sp³-hybridized carbons (Fsp3) is 0.488. The van der Waals surface area contributed by atoms with Gasteiger partial charge in [0.1, 0.15) is 12.6 Å². The summed E-state index contributed by atoms with van der Waals surface area (Å²) >= 11 is 0. The molecule has 1 aromatic heterocycles. The Morgan fingerprint density at radius 2 is 1.79 bits per heavy atom. The molecule has 0 radical (unpaired) electrons. The Morgan fingerprint density at radius 3 is 2.51 bits per heavy atom. The number of pyridine rings is 1. The molecule has 2 aromatic carbocycles. The molecular formula is C41H53N5O9S2. The zero-order valence-corrected chi connectivity index (χ0v) is 34.7. The maximum absolute atomic E-state index is 14.3. The molecule has 308 valence electrons. The highest BCUT2D eigenvalue weighted by atomic mass is 33.1. The van der Waals surface area contributed by atoms with E-state index in [0.717, 1.165) is 80.2 Å². The number of carboxylic acid groups (broad SMARTS) is 1. The van der Waals surface area contributed by atoms with Crippen LogP contribution in [0.1, 0.15) is 58.1 Å². The highest BCUT2D eigenvalue weighted by Gasteiger charge is 2.26. The largest absolute Gasteiger partial charge is 0.515 e. The van der Waals surface area contributed by atoms with Crippen LogP contribution >= 0.6 is 21.6 Å². The fourth-order valence-corrected chi connectivity index (χ4v) is 8.99. The molecule has 16 heteroatoms. The van der Waals surface area contributed by atoms with Crippen molar-refractivity contribution in [1.82, 2.24) is 20.5 Å². The van der Waals surface area contributed by atoms with Crippen molar-refractivity contribution in [2.45, 2.75) is 65.7 Å². The average molecular weight is 824 g/mol. The summed E-state index contributed by atoms with van der Waals surface area (Å²) in [6.07, 6.45) is 1.21. The molecule has 1 atom stereocenters. The predicted molar refractivity (Wildman–Crippen MR) is 222 cm³/mol. The van der Waals surface area contributed by atoms with Crippen molar-refractivity contribution in [3.63, 3.8) is 0 Å². The molecule has 3 heterocycles. The van der Waals surface area contributed by atoms with Gasteiger partial charge in [-0.05, 0) is 92.6 Å². The van der Waals surface area contributed by atoms with Gasteiger partial charge in [-0.3, -0.25) is 14.5 Å². The van der Waals surface area contributed by atoms with Crippen LogP contribution in [0.3, 0.4) is 0 Å². The van der Waals surface area contributed by atoms with E-state index in [1.165, 1.54) is 27.2 Å². The van der Waals surface area contributed by atoms with Crippen molar-refractivity contribution in [3.8, 4) is 17.0 Å². The van der Waals surface area contributed by atoms with Crippen LogP contribution in [0, 0.1) is 20.8 Å². The SMILES string of the molecule is CCN(c1cc(-c2cccc(CN3CCOCC3)c2)cc(C(=O)NCc2c(C)cc(C)nc2OC(=O)OCCSSCC(NC=O)C(=O)O)c1C)C1CCOCC1. The quantitative estimate of drug-likeness (QED) is 0.0597. The molecule has 2 aliphatic rings. The van der Waals surface area contributed by atoms with E-state index in [2.05, 4.69) is 62.7 Å². The number of nitrogens with one attached hydrogen (secondary N) is 2. The molecule has 14 nitrogen and oxygen atoms in total. The molecule has 0 bridgehead atoms. The number of ether oxygens (including phenoxy) is 4. The number of nitrogens with zero attached hydrogens (tertiary/aromatic N) is 3. The minimum atomic E-state index is -1.13. The molecule has 3 aromatic rings. The second-order valence-corrected chi connectivity index (χ2v) is 16.5. The number of rotatable bonds is 19. The molecule has 1 unspecified atom stereocenters. The molecule has 3 N–H and O–H groups in total. The number of anilines is 1. The number of hydrogen-bond donors (Lipinski definition) is 3. The summed E-state index contributed by atoms with van der Waals surface area (Å²) in [6, 6.07) is 13.8. The highest BCUT2D eigenvalue weighted by Crippen LogP contribution is 2.35. The van der Waals surface area contributed by atoms with Crippen molar-refractivity contribution in [1.29, 1.82) is 0 Å². The lowest BCUT2D eigenvalue weighted by Crippen LogP contribution is -2.40. The van der Waals surface area contributed by atoms with Gasteiger partial charge in [0.2, 0.25) is 12.3 Å². The maximum Gasteiger partial charge on any atom is 0.515 e. The van der Waals surface area contributed by atoms with Gasteiger partial charge in [0, 0.05) is 86.0 Å². The average Bonchev–Trinajstić information content (AvgIpc) is 3.20. The topological polar surface area (TPSA) is 169 Å². The molecule has 0 spiro atoms. The first kappa shape index (κ1) is 43.8. The summed E-state index contributed by atoms with van der Waals surface area (Å²) in [5.74, 6) is -0.848. The van der Waals surface area contributed by atoms with E-state index >= 15 is 0 Å². The molecule has 0 aliphatic carbocycles. The Hall–Kier alpha value is -4.35. The summed E-state index contributed by atoms with van der Waals surface area (Å²) in [5, 5.41) is 14.5. The van der Waals surface area contributed by atoms with Gasteiger partial charge in [-0.2, -0.15) is 0 Å². The standard InChI is InChI=1S/C41H53N5O9S2/c1-5-46(33-9-13-52-14-10-33)37-22-32(31-8-6-7-30(20-31)24-45-11-15-53-16-12-45)21-34(29(37)4)38(48)42-23-35-27(2)19-28(3)44-39(35)55-41(51)54-17-18-56-57-25-36(40(49)50)43-26-47/h6-8,19-22,26,33,36H,5,9-18,23-25H2,1-4H3,(H,42,48)(H,43,47)(H,49,50). The molecule has 0 saturated carbocycles. The monoisotopic (exact) mass is 823 g/mol. The summed E-state index contributed by atoms with van der Waals surface area (Å²) in [4.78, 5) is 58.1. The smallest absolute Gasteiger partial charge is 0.480 e. The van der Waals surface area contributed by atoms with Crippen LogP contribution in [-0.2, 0) is 36.9 Å². The van der Waals surface area contributed by atoms with Gasteiger partial charge in [0.15, 0.2) is 0 Å². The molecular weight excluding hydrogens is 771 g/mol. The number of carboxylic acids is 1. The van der Waals surface area contributed by atoms with Crippen LogP contribution in [0.25, 0.3) is 11.1 Å². The van der Waals surface area contributed by atoms with Crippen LogP contribution < -0.4 is 20.3 Å². The second kappa shape index (κ2) is 22.0. The van der Waals surface area contributed by atoms with Crippen LogP contribution in [-0.4, -0.2) is 116 Å². The summed E-state index contributed by atoms with van der Waals surface area (Å²) in [5.41, 5.74) is 7.58. The van der Waals surface area contributed by atoms with E-state index in [0.29, 0.717) is 42.2 Å². The van der Waals surface area contributed by atoms with Gasteiger partial charge in [-0.1, -0.05) is 39.8 Å². The third kappa shape index (κ3) is 12.6. The lowest BCUT2D eigenvalue weighted by molar-refractivity contribution is -0.139. The van der Waals surface area contributed by atoms with Gasteiger partial charge in [-0.15, -0.1) is 0 Å². The molecule has 2 aliphatic heterocycles. The van der Waals surface area contributed by atoms with E-state index < -0.39 is 18.2 Å². The zero-order valence-electron chi connectivity index (χ0n) is 33.0. The molecule has 57 heavy (non-hydrogen) atoms. The Balaban J connectivity index is 1.32. The minimum Gasteiger partial charge on any atom is -0.480 e. The van der Waals surface area contributed by atoms with Gasteiger partial charge in [0.05, 0.1) is 13.2 Å². The van der Waals surface area contributed by atoms with E-state index in [1.807, 2.05) is 26.0 Å². The highest BCUT2D eigenvalue weighted by molar-refractivity contribution is 8.76. The lowest BCUT2D eigenvalue weighted by Gasteiger charge is -2.37. The molecule has 5 rings (SSSR count). The Kier molecular flexibility index (Phi) is 16.9. The summed E-state index contributed by atoms with van der Waals surface area (Å²) < 4.78 is 22.1. The number of carbonyl (C=O) groups excluding carboxylic acids is 3. The first-order valence-electron chi connectivity index (χ1n) is 19.2. The van der Waals surface area contributed by atoms with Gasteiger partial charge in [-0.25, -0.2) is 14.6 Å². The van der Waals surface area contributed by atoms with Crippen molar-refractivity contribution in [2.75, 3.05) is 69.1 Å². The number of carbonyl (C=O) groups is 4. The first-order valence-corrected chi connectivity index (χ1v) is 21.7. The minimum absolute atomic E-state index is 0.00292. The first-order chi connectivity index (χ1) is 27.6. The number of aryl methyl sites for hydroxylation is 2. The Labute approximate surface area is 342 Å². The van der Waals surface area contributed by atoms with Crippen molar-refractivity contribution in [3.05, 3.63) is 76.0 Å². The van der Waals surface area contributed by atoms with Crippen molar-refractivity contribution < 1.29 is 43.2 Å². The predicted octanol–water partition coefficient (Wildman–Crippen LogP) is 5.54. The third-order valence-electron chi connectivity index (χ3n) is 9.99. The lowest BCUT2D eigenvalue weighted by atomic mass is 9.94. The molecule has 2 saturated heterocycles. The van der Waals surface area contributed by atoms with Crippen LogP contribution in [0.15, 0.2) is 42.5 Å². The van der Waals surface area contributed by atoms with Crippen molar-refractivity contribution >= 4 is 51.7 Å². The Morgan fingerprint density at radius 1 is 1.04 bits per heavy atom.